The van der Waals surface area contributed by atoms with Crippen molar-refractivity contribution in [2.75, 3.05) is 43.5 Å². The number of anilines is 2. The van der Waals surface area contributed by atoms with Gasteiger partial charge in [0.15, 0.2) is 0 Å². The van der Waals surface area contributed by atoms with Crippen LogP contribution in [0.15, 0.2) is 30.3 Å². The van der Waals surface area contributed by atoms with Crippen LogP contribution in [0.2, 0.25) is 0 Å². The Bertz CT molecular complexity index is 832. The quantitative estimate of drug-likeness (QED) is 0.882. The van der Waals surface area contributed by atoms with Crippen LogP contribution in [-0.4, -0.2) is 54.6 Å². The molecule has 1 saturated heterocycles. The molecule has 7 heteroatoms. The molecule has 148 valence electrons. The summed E-state index contributed by atoms with van der Waals surface area (Å²) in [5, 5.41) is 3.03. The summed E-state index contributed by atoms with van der Waals surface area (Å²) in [6.07, 6.45) is 3.17. The van der Waals surface area contributed by atoms with Gasteiger partial charge in [-0.05, 0) is 18.4 Å². The van der Waals surface area contributed by atoms with E-state index in [1.165, 1.54) is 12.8 Å². The summed E-state index contributed by atoms with van der Waals surface area (Å²) in [4.78, 5) is 28.5. The summed E-state index contributed by atoms with van der Waals surface area (Å²) >= 11 is 0. The summed E-state index contributed by atoms with van der Waals surface area (Å²) in [6, 6.07) is 9.94. The van der Waals surface area contributed by atoms with Gasteiger partial charge in [0.25, 0.3) is 0 Å². The SMILES string of the molecule is CN(C)c1nc(N2CCCC2)nc2c1CN(C(=O)NCc1ccccc1)CC2. The minimum atomic E-state index is -0.0390. The van der Waals surface area contributed by atoms with Crippen molar-refractivity contribution >= 4 is 17.8 Å². The van der Waals surface area contributed by atoms with Gasteiger partial charge in [-0.3, -0.25) is 0 Å². The van der Waals surface area contributed by atoms with Gasteiger partial charge in [-0.15, -0.1) is 0 Å². The van der Waals surface area contributed by atoms with Gasteiger partial charge in [0.05, 0.1) is 12.2 Å². The number of amides is 2. The predicted molar refractivity (Wildman–Crippen MR) is 111 cm³/mol. The van der Waals surface area contributed by atoms with Gasteiger partial charge in [0, 0.05) is 52.3 Å². The van der Waals surface area contributed by atoms with Crippen LogP contribution < -0.4 is 15.1 Å². The molecule has 0 atom stereocenters. The molecule has 0 saturated carbocycles. The van der Waals surface area contributed by atoms with E-state index in [2.05, 4.69) is 10.2 Å². The number of nitrogens with one attached hydrogen (secondary N) is 1. The number of rotatable bonds is 4. The smallest absolute Gasteiger partial charge is 0.317 e. The lowest BCUT2D eigenvalue weighted by molar-refractivity contribution is 0.191. The van der Waals surface area contributed by atoms with Gasteiger partial charge < -0.3 is 20.0 Å². The van der Waals surface area contributed by atoms with E-state index in [0.717, 1.165) is 48.1 Å². The maximum absolute atomic E-state index is 12.7. The lowest BCUT2D eigenvalue weighted by atomic mass is 10.1. The van der Waals surface area contributed by atoms with E-state index in [1.807, 2.05) is 54.2 Å². The van der Waals surface area contributed by atoms with E-state index in [0.29, 0.717) is 19.6 Å². The Kier molecular flexibility index (Phi) is 5.32. The molecule has 3 heterocycles. The van der Waals surface area contributed by atoms with E-state index in [1.54, 1.807) is 0 Å². The van der Waals surface area contributed by atoms with Crippen LogP contribution >= 0.6 is 0 Å². The lowest BCUT2D eigenvalue weighted by Crippen LogP contribution is -2.43. The van der Waals surface area contributed by atoms with E-state index >= 15 is 0 Å². The molecule has 1 aromatic carbocycles. The Morgan fingerprint density at radius 1 is 1.11 bits per heavy atom. The first-order chi connectivity index (χ1) is 13.6. The van der Waals surface area contributed by atoms with E-state index in [-0.39, 0.29) is 6.03 Å². The van der Waals surface area contributed by atoms with Gasteiger partial charge in [-0.25, -0.2) is 9.78 Å². The van der Waals surface area contributed by atoms with Crippen molar-refractivity contribution in [3.8, 4) is 0 Å². The minimum absolute atomic E-state index is 0.0390. The predicted octanol–water partition coefficient (Wildman–Crippen LogP) is 2.41. The number of nitrogens with zero attached hydrogens (tertiary/aromatic N) is 5. The van der Waals surface area contributed by atoms with Crippen molar-refractivity contribution in [3.63, 3.8) is 0 Å². The number of fused-ring (bicyclic) bond motifs is 1. The van der Waals surface area contributed by atoms with Crippen LogP contribution in [0.4, 0.5) is 16.6 Å². The molecule has 4 rings (SSSR count). The Balaban J connectivity index is 1.50. The van der Waals surface area contributed by atoms with Crippen LogP contribution in [-0.2, 0) is 19.5 Å². The maximum Gasteiger partial charge on any atom is 0.317 e. The molecule has 28 heavy (non-hydrogen) atoms. The van der Waals surface area contributed by atoms with Crippen molar-refractivity contribution in [2.24, 2.45) is 0 Å². The number of carbonyl (C=O) groups excluding carboxylic acids is 1. The third-order valence-electron chi connectivity index (χ3n) is 5.41. The van der Waals surface area contributed by atoms with E-state index in [4.69, 9.17) is 9.97 Å². The van der Waals surface area contributed by atoms with Crippen molar-refractivity contribution in [3.05, 3.63) is 47.2 Å². The van der Waals surface area contributed by atoms with Crippen LogP contribution in [0.25, 0.3) is 0 Å². The second kappa shape index (κ2) is 8.04. The van der Waals surface area contributed by atoms with Crippen LogP contribution in [0.3, 0.4) is 0 Å². The summed E-state index contributed by atoms with van der Waals surface area (Å²) in [5.74, 6) is 1.76. The first-order valence-electron chi connectivity index (χ1n) is 10.0. The molecule has 2 aliphatic rings. The third-order valence-corrected chi connectivity index (χ3v) is 5.41. The standard InChI is InChI=1S/C21H28N6O/c1-25(2)19-17-15-27(21(28)22-14-16-8-4-3-5-9-16)13-10-18(17)23-20(24-19)26-11-6-7-12-26/h3-5,8-9H,6-7,10-15H2,1-2H3,(H,22,28). The van der Waals surface area contributed by atoms with Crippen LogP contribution in [0.5, 0.6) is 0 Å². The zero-order valence-electron chi connectivity index (χ0n) is 16.7. The molecule has 1 N–H and O–H groups in total. The van der Waals surface area contributed by atoms with Crippen LogP contribution in [0, 0.1) is 0 Å². The molecule has 0 spiro atoms. The molecule has 0 radical (unpaired) electrons. The fraction of sp³-hybridized carbons (Fsp3) is 0.476. The molecule has 0 unspecified atom stereocenters. The molecule has 0 bridgehead atoms. The van der Waals surface area contributed by atoms with Crippen LogP contribution in [0.1, 0.15) is 29.7 Å². The zero-order valence-corrected chi connectivity index (χ0v) is 16.7. The summed E-state index contributed by atoms with van der Waals surface area (Å²) in [6.45, 7) is 3.81. The van der Waals surface area contributed by atoms with Crippen molar-refractivity contribution in [1.29, 1.82) is 0 Å². The van der Waals surface area contributed by atoms with Crippen molar-refractivity contribution in [1.82, 2.24) is 20.2 Å². The topological polar surface area (TPSA) is 64.6 Å². The minimum Gasteiger partial charge on any atom is -0.362 e. The lowest BCUT2D eigenvalue weighted by Gasteiger charge is -2.32. The fourth-order valence-electron chi connectivity index (χ4n) is 3.87. The highest BCUT2D eigenvalue weighted by atomic mass is 16.2. The molecular formula is C21H28N6O. The maximum atomic E-state index is 12.7. The van der Waals surface area contributed by atoms with Gasteiger partial charge in [0.2, 0.25) is 5.95 Å². The second-order valence-electron chi connectivity index (χ2n) is 7.68. The largest absolute Gasteiger partial charge is 0.362 e. The fourth-order valence-corrected chi connectivity index (χ4v) is 3.87. The average molecular weight is 380 g/mol. The molecular weight excluding hydrogens is 352 g/mol. The highest BCUT2D eigenvalue weighted by Gasteiger charge is 2.27. The monoisotopic (exact) mass is 380 g/mol. The van der Waals surface area contributed by atoms with Gasteiger partial charge in [0.1, 0.15) is 5.82 Å². The second-order valence-corrected chi connectivity index (χ2v) is 7.68. The van der Waals surface area contributed by atoms with E-state index in [9.17, 15) is 4.79 Å². The Morgan fingerprint density at radius 2 is 1.86 bits per heavy atom. The Morgan fingerprint density at radius 3 is 2.57 bits per heavy atom. The number of carbonyl (C=O) groups is 1. The first-order valence-corrected chi connectivity index (χ1v) is 10.0. The zero-order chi connectivity index (χ0) is 19.5. The van der Waals surface area contributed by atoms with Crippen molar-refractivity contribution < 1.29 is 4.79 Å². The third kappa shape index (κ3) is 3.88. The molecule has 0 aliphatic carbocycles. The van der Waals surface area contributed by atoms with Gasteiger partial charge in [-0.1, -0.05) is 30.3 Å². The van der Waals surface area contributed by atoms with Gasteiger partial charge >= 0.3 is 6.03 Å². The molecule has 2 aliphatic heterocycles. The van der Waals surface area contributed by atoms with Crippen molar-refractivity contribution in [2.45, 2.75) is 32.4 Å². The molecule has 1 fully saturated rings. The summed E-state index contributed by atoms with van der Waals surface area (Å²) < 4.78 is 0. The molecule has 2 aromatic rings. The Labute approximate surface area is 166 Å². The number of hydrogen-bond donors (Lipinski definition) is 1. The number of urea groups is 1. The number of benzene rings is 1. The number of hydrogen-bond acceptors (Lipinski definition) is 5. The molecule has 2 amide bonds. The summed E-state index contributed by atoms with van der Waals surface area (Å²) in [7, 11) is 4.01. The van der Waals surface area contributed by atoms with Gasteiger partial charge in [-0.2, -0.15) is 4.98 Å². The average Bonchev–Trinajstić information content (AvgIpc) is 3.26. The Hall–Kier alpha value is -2.83. The molecule has 7 nitrogen and oxygen atoms in total. The number of aromatic nitrogens is 2. The first kappa shape index (κ1) is 18.5. The van der Waals surface area contributed by atoms with E-state index < -0.39 is 0 Å². The highest BCUT2D eigenvalue weighted by Crippen LogP contribution is 2.29. The summed E-state index contributed by atoms with van der Waals surface area (Å²) in [5.41, 5.74) is 3.24. The normalized spacial score (nSPS) is 16.1. The molecule has 1 aromatic heterocycles. The highest BCUT2D eigenvalue weighted by molar-refractivity contribution is 5.75.